The Bertz CT molecular complexity index is 970. The number of pyridine rings is 1. The SMILES string of the molecule is CC(C)c1noc2nc(C3CC3)cc(C(=O)NNC(=O)c3ccc[nH]3)c12. The molecule has 26 heavy (non-hydrogen) atoms. The van der Waals surface area contributed by atoms with E-state index in [4.69, 9.17) is 4.52 Å². The van der Waals surface area contributed by atoms with Gasteiger partial charge < -0.3 is 9.51 Å². The lowest BCUT2D eigenvalue weighted by Crippen LogP contribution is -2.41. The molecule has 1 fully saturated rings. The van der Waals surface area contributed by atoms with Crippen LogP contribution in [0.2, 0.25) is 0 Å². The molecule has 2 amide bonds. The van der Waals surface area contributed by atoms with Crippen LogP contribution in [0.5, 0.6) is 0 Å². The summed E-state index contributed by atoms with van der Waals surface area (Å²) in [6, 6.07) is 5.10. The molecule has 1 aliphatic carbocycles. The summed E-state index contributed by atoms with van der Waals surface area (Å²) in [6.07, 6.45) is 3.74. The maximum Gasteiger partial charge on any atom is 0.286 e. The van der Waals surface area contributed by atoms with Gasteiger partial charge in [0.2, 0.25) is 0 Å². The highest BCUT2D eigenvalue weighted by atomic mass is 16.5. The van der Waals surface area contributed by atoms with Gasteiger partial charge in [0.25, 0.3) is 17.5 Å². The van der Waals surface area contributed by atoms with Crippen LogP contribution in [0.25, 0.3) is 11.1 Å². The lowest BCUT2D eigenvalue weighted by atomic mass is 10.0. The first kappa shape index (κ1) is 16.3. The number of amides is 2. The second-order valence-corrected chi connectivity index (χ2v) is 6.76. The van der Waals surface area contributed by atoms with Crippen molar-refractivity contribution in [3.63, 3.8) is 0 Å². The molecule has 0 spiro atoms. The number of nitrogens with zero attached hydrogens (tertiary/aromatic N) is 2. The van der Waals surface area contributed by atoms with E-state index in [-0.39, 0.29) is 5.92 Å². The third-order valence-corrected chi connectivity index (χ3v) is 4.41. The molecular weight excluding hydrogens is 334 g/mol. The third-order valence-electron chi connectivity index (χ3n) is 4.41. The summed E-state index contributed by atoms with van der Waals surface area (Å²) in [7, 11) is 0. The molecule has 3 N–H and O–H groups in total. The summed E-state index contributed by atoms with van der Waals surface area (Å²) in [5, 5.41) is 4.68. The second-order valence-electron chi connectivity index (χ2n) is 6.76. The van der Waals surface area contributed by atoms with Crippen molar-refractivity contribution in [1.82, 2.24) is 26.0 Å². The first-order valence-electron chi connectivity index (χ1n) is 8.59. The summed E-state index contributed by atoms with van der Waals surface area (Å²) >= 11 is 0. The quantitative estimate of drug-likeness (QED) is 0.624. The fraction of sp³-hybridized carbons (Fsp3) is 0.333. The minimum absolute atomic E-state index is 0.0740. The van der Waals surface area contributed by atoms with Gasteiger partial charge in [-0.2, -0.15) is 0 Å². The fourth-order valence-electron chi connectivity index (χ4n) is 2.87. The van der Waals surface area contributed by atoms with Gasteiger partial charge in [-0.15, -0.1) is 0 Å². The van der Waals surface area contributed by atoms with E-state index in [0.717, 1.165) is 18.5 Å². The van der Waals surface area contributed by atoms with Crippen molar-refractivity contribution in [1.29, 1.82) is 0 Å². The predicted molar refractivity (Wildman–Crippen MR) is 93.6 cm³/mol. The maximum atomic E-state index is 12.8. The molecular formula is C18H19N5O3. The van der Waals surface area contributed by atoms with E-state index < -0.39 is 11.8 Å². The van der Waals surface area contributed by atoms with Gasteiger partial charge in [-0.1, -0.05) is 19.0 Å². The minimum atomic E-state index is -0.427. The molecule has 134 valence electrons. The largest absolute Gasteiger partial charge is 0.357 e. The van der Waals surface area contributed by atoms with E-state index >= 15 is 0 Å². The zero-order chi connectivity index (χ0) is 18.3. The monoisotopic (exact) mass is 353 g/mol. The highest BCUT2D eigenvalue weighted by molar-refractivity contribution is 6.07. The van der Waals surface area contributed by atoms with Crippen molar-refractivity contribution in [2.45, 2.75) is 38.5 Å². The number of H-pyrrole nitrogens is 1. The van der Waals surface area contributed by atoms with E-state index in [9.17, 15) is 9.59 Å². The zero-order valence-corrected chi connectivity index (χ0v) is 14.5. The van der Waals surface area contributed by atoms with Crippen LogP contribution in [0.4, 0.5) is 0 Å². The average Bonchev–Trinajstić information content (AvgIpc) is 3.16. The summed E-state index contributed by atoms with van der Waals surface area (Å²) in [4.78, 5) is 32.1. The van der Waals surface area contributed by atoms with Crippen LogP contribution >= 0.6 is 0 Å². The van der Waals surface area contributed by atoms with Crippen LogP contribution in [-0.2, 0) is 0 Å². The molecule has 8 nitrogen and oxygen atoms in total. The third kappa shape index (κ3) is 2.94. The Morgan fingerprint density at radius 1 is 1.27 bits per heavy atom. The predicted octanol–water partition coefficient (Wildman–Crippen LogP) is 2.63. The molecule has 1 saturated carbocycles. The molecule has 8 heteroatoms. The number of hydrogen-bond acceptors (Lipinski definition) is 5. The molecule has 0 aromatic carbocycles. The molecule has 3 aromatic rings. The first-order chi connectivity index (χ1) is 12.5. The van der Waals surface area contributed by atoms with E-state index in [1.54, 1.807) is 24.4 Å². The molecule has 0 atom stereocenters. The summed E-state index contributed by atoms with van der Waals surface area (Å²) in [5.74, 6) is -0.424. The van der Waals surface area contributed by atoms with Crippen LogP contribution in [0, 0.1) is 0 Å². The number of aromatic amines is 1. The minimum Gasteiger partial charge on any atom is -0.357 e. The normalized spacial score (nSPS) is 14.0. The molecule has 3 aromatic heterocycles. The first-order valence-corrected chi connectivity index (χ1v) is 8.59. The van der Waals surface area contributed by atoms with E-state index in [1.807, 2.05) is 13.8 Å². The molecule has 3 heterocycles. The van der Waals surface area contributed by atoms with Crippen molar-refractivity contribution in [2.24, 2.45) is 0 Å². The van der Waals surface area contributed by atoms with Crippen LogP contribution in [0.3, 0.4) is 0 Å². The lowest BCUT2D eigenvalue weighted by molar-refractivity contribution is 0.0845. The van der Waals surface area contributed by atoms with Gasteiger partial charge in [0.1, 0.15) is 5.69 Å². The molecule has 0 radical (unpaired) electrons. The number of fused-ring (bicyclic) bond motifs is 1. The highest BCUT2D eigenvalue weighted by Gasteiger charge is 2.29. The maximum absolute atomic E-state index is 12.8. The van der Waals surface area contributed by atoms with Crippen LogP contribution in [0.1, 0.15) is 70.8 Å². The van der Waals surface area contributed by atoms with E-state index in [1.165, 1.54) is 0 Å². The van der Waals surface area contributed by atoms with Gasteiger partial charge in [-0.25, -0.2) is 4.98 Å². The van der Waals surface area contributed by atoms with Gasteiger partial charge >= 0.3 is 0 Å². The van der Waals surface area contributed by atoms with Crippen molar-refractivity contribution >= 4 is 22.9 Å². The number of carbonyl (C=O) groups is 2. The average molecular weight is 353 g/mol. The van der Waals surface area contributed by atoms with Gasteiger partial charge in [-0.05, 0) is 37.0 Å². The number of hydrogen-bond donors (Lipinski definition) is 3. The topological polar surface area (TPSA) is 113 Å². The van der Waals surface area contributed by atoms with Gasteiger partial charge in [0, 0.05) is 17.8 Å². The second kappa shape index (κ2) is 6.29. The fourth-order valence-corrected chi connectivity index (χ4v) is 2.87. The molecule has 1 aliphatic rings. The van der Waals surface area contributed by atoms with Gasteiger partial charge in [0.05, 0.1) is 16.6 Å². The van der Waals surface area contributed by atoms with Gasteiger partial charge in [-0.3, -0.25) is 20.4 Å². The summed E-state index contributed by atoms with van der Waals surface area (Å²) in [6.45, 7) is 3.95. The standard InChI is InChI=1S/C18H19N5O3/c1-9(2)15-14-11(8-13(10-5-6-10)20-18(14)26-23-15)16(24)21-22-17(25)12-4-3-7-19-12/h3-4,7-10,19H,5-6H2,1-2H3,(H,21,24)(H,22,25). The Morgan fingerprint density at radius 3 is 2.69 bits per heavy atom. The molecule has 0 bridgehead atoms. The van der Waals surface area contributed by atoms with Crippen molar-refractivity contribution in [2.75, 3.05) is 0 Å². The lowest BCUT2D eigenvalue weighted by Gasteiger charge is -2.10. The van der Waals surface area contributed by atoms with E-state index in [2.05, 4.69) is 26.0 Å². The zero-order valence-electron chi connectivity index (χ0n) is 14.5. The van der Waals surface area contributed by atoms with Crippen LogP contribution < -0.4 is 10.9 Å². The van der Waals surface area contributed by atoms with Crippen LogP contribution in [-0.4, -0.2) is 26.9 Å². The number of hydrazine groups is 1. The Hall–Kier alpha value is -3.16. The Morgan fingerprint density at radius 2 is 2.04 bits per heavy atom. The Kier molecular flexibility index (Phi) is 3.95. The number of nitrogens with one attached hydrogen (secondary N) is 3. The smallest absolute Gasteiger partial charge is 0.286 e. The number of carbonyl (C=O) groups excluding carboxylic acids is 2. The molecule has 0 aliphatic heterocycles. The number of aromatic nitrogens is 3. The van der Waals surface area contributed by atoms with Crippen LogP contribution in [0.15, 0.2) is 28.9 Å². The molecule has 4 rings (SSSR count). The molecule has 0 saturated heterocycles. The Labute approximate surface area is 149 Å². The highest BCUT2D eigenvalue weighted by Crippen LogP contribution is 2.41. The van der Waals surface area contributed by atoms with Crippen molar-refractivity contribution < 1.29 is 14.1 Å². The molecule has 0 unspecified atom stereocenters. The Balaban J connectivity index is 1.65. The van der Waals surface area contributed by atoms with Gasteiger partial charge in [0.15, 0.2) is 0 Å². The van der Waals surface area contributed by atoms with Crippen molar-refractivity contribution in [3.8, 4) is 0 Å². The number of rotatable bonds is 4. The van der Waals surface area contributed by atoms with Crippen molar-refractivity contribution in [3.05, 3.63) is 47.0 Å². The van der Waals surface area contributed by atoms with E-state index in [0.29, 0.717) is 34.0 Å². The summed E-state index contributed by atoms with van der Waals surface area (Å²) < 4.78 is 5.37. The summed E-state index contributed by atoms with van der Waals surface area (Å²) in [5.41, 5.74) is 7.51.